The zero-order valence-electron chi connectivity index (χ0n) is 17.6. The Morgan fingerprint density at radius 2 is 1.27 bits per heavy atom. The van der Waals surface area contributed by atoms with Gasteiger partial charge in [0.25, 0.3) is 0 Å². The number of ether oxygens (including phenoxy) is 4. The number of carboxylic acids is 2. The van der Waals surface area contributed by atoms with Gasteiger partial charge in [0.15, 0.2) is 5.41 Å². The summed E-state index contributed by atoms with van der Waals surface area (Å²) in [5, 5.41) is 19.9. The van der Waals surface area contributed by atoms with Crippen LogP contribution in [0.1, 0.15) is 44.9 Å². The van der Waals surface area contributed by atoms with Crippen LogP contribution in [0.2, 0.25) is 0 Å². The third-order valence-electron chi connectivity index (χ3n) is 6.41. The smallest absolute Gasteiger partial charge is 0.321 e. The van der Waals surface area contributed by atoms with E-state index < -0.39 is 35.0 Å². The van der Waals surface area contributed by atoms with Gasteiger partial charge in [-0.25, -0.2) is 0 Å². The Hall–Kier alpha value is -1.30. The van der Waals surface area contributed by atoms with Gasteiger partial charge in [-0.2, -0.15) is 0 Å². The molecule has 1 unspecified atom stereocenters. The van der Waals surface area contributed by atoms with E-state index in [2.05, 4.69) is 0 Å². The van der Waals surface area contributed by atoms with Crippen LogP contribution in [0.15, 0.2) is 0 Å². The minimum Gasteiger partial charge on any atom is -0.480 e. The lowest BCUT2D eigenvalue weighted by Gasteiger charge is -2.47. The molecule has 2 fully saturated rings. The molecule has 1 saturated carbocycles. The molecule has 1 saturated heterocycles. The molecule has 174 valence electrons. The van der Waals surface area contributed by atoms with Crippen LogP contribution in [0.5, 0.6) is 0 Å². The maximum absolute atomic E-state index is 12.2. The van der Waals surface area contributed by atoms with Crippen molar-refractivity contribution in [3.63, 3.8) is 0 Å². The normalized spacial score (nSPS) is 27.0. The van der Waals surface area contributed by atoms with E-state index >= 15 is 0 Å². The topological polar surface area (TPSA) is 164 Å². The number of hydrogen-bond acceptors (Lipinski definition) is 8. The first-order chi connectivity index (χ1) is 14.3. The zero-order chi connectivity index (χ0) is 22.0. The molecular weight excluding hydrogens is 396 g/mol. The minimum atomic E-state index is -2.06. The van der Waals surface area contributed by atoms with Gasteiger partial charge in [0.1, 0.15) is 0 Å². The molecule has 30 heavy (non-hydrogen) atoms. The fourth-order valence-electron chi connectivity index (χ4n) is 4.44. The van der Waals surface area contributed by atoms with Crippen molar-refractivity contribution in [2.45, 2.75) is 57.2 Å². The summed E-state index contributed by atoms with van der Waals surface area (Å²) in [5.41, 5.74) is 9.62. The molecule has 0 amide bonds. The molecule has 10 heteroatoms. The van der Waals surface area contributed by atoms with Crippen molar-refractivity contribution >= 4 is 11.9 Å². The van der Waals surface area contributed by atoms with Gasteiger partial charge in [0.2, 0.25) is 0 Å². The van der Waals surface area contributed by atoms with Crippen LogP contribution in [-0.4, -0.2) is 80.7 Å². The molecule has 0 radical (unpaired) electrons. The van der Waals surface area contributed by atoms with Crippen molar-refractivity contribution in [1.82, 2.24) is 0 Å². The largest absolute Gasteiger partial charge is 0.480 e. The summed E-state index contributed by atoms with van der Waals surface area (Å²) in [6, 6.07) is 0. The fourth-order valence-corrected chi connectivity index (χ4v) is 4.44. The highest BCUT2D eigenvalue weighted by Crippen LogP contribution is 2.46. The number of carbonyl (C=O) groups is 2. The van der Waals surface area contributed by atoms with E-state index in [9.17, 15) is 19.8 Å². The van der Waals surface area contributed by atoms with Crippen molar-refractivity contribution in [2.75, 3.05) is 46.2 Å². The van der Waals surface area contributed by atoms with E-state index in [1.165, 1.54) is 0 Å². The van der Waals surface area contributed by atoms with Crippen molar-refractivity contribution in [2.24, 2.45) is 22.3 Å². The van der Waals surface area contributed by atoms with Crippen molar-refractivity contribution < 1.29 is 38.7 Å². The zero-order valence-corrected chi connectivity index (χ0v) is 17.6. The molecule has 1 aliphatic heterocycles. The molecule has 0 bridgehead atoms. The molecule has 1 atom stereocenters. The van der Waals surface area contributed by atoms with E-state index in [4.69, 9.17) is 30.4 Å². The summed E-state index contributed by atoms with van der Waals surface area (Å²) < 4.78 is 22.4. The van der Waals surface area contributed by atoms with Crippen LogP contribution in [0.3, 0.4) is 0 Å². The lowest BCUT2D eigenvalue weighted by atomic mass is 9.64. The average Bonchev–Trinajstić information content (AvgIpc) is 2.72. The van der Waals surface area contributed by atoms with Crippen LogP contribution in [0, 0.1) is 10.8 Å². The quantitative estimate of drug-likeness (QED) is 0.364. The van der Waals surface area contributed by atoms with Crippen LogP contribution < -0.4 is 11.5 Å². The molecule has 0 aromatic rings. The second-order valence-electron chi connectivity index (χ2n) is 8.16. The SMILES string of the molecule is NC(N)C1(C2CC(C(=O)O)(C(=O)O)CCOCCOCCOCCO2)CCCCC1. The van der Waals surface area contributed by atoms with E-state index in [1.54, 1.807) is 0 Å². The first-order valence-corrected chi connectivity index (χ1v) is 10.7. The Labute approximate surface area is 177 Å². The second kappa shape index (κ2) is 11.9. The summed E-state index contributed by atoms with van der Waals surface area (Å²) in [4.78, 5) is 24.4. The highest BCUT2D eigenvalue weighted by molar-refractivity contribution is 5.98. The lowest BCUT2D eigenvalue weighted by molar-refractivity contribution is -0.175. The summed E-state index contributed by atoms with van der Waals surface area (Å²) in [6.45, 7) is 1.80. The van der Waals surface area contributed by atoms with Gasteiger partial charge in [-0.05, 0) is 19.3 Å². The van der Waals surface area contributed by atoms with E-state index in [-0.39, 0.29) is 39.3 Å². The number of hydrogen-bond donors (Lipinski definition) is 4. The van der Waals surface area contributed by atoms with E-state index in [1.807, 2.05) is 0 Å². The fraction of sp³-hybridized carbons (Fsp3) is 0.900. The maximum Gasteiger partial charge on any atom is 0.321 e. The maximum atomic E-state index is 12.2. The summed E-state index contributed by atoms with van der Waals surface area (Å²) in [7, 11) is 0. The van der Waals surface area contributed by atoms with Crippen molar-refractivity contribution in [3.05, 3.63) is 0 Å². The van der Waals surface area contributed by atoms with Gasteiger partial charge in [0.05, 0.1) is 51.9 Å². The van der Waals surface area contributed by atoms with Crippen LogP contribution in [-0.2, 0) is 28.5 Å². The molecule has 6 N–H and O–H groups in total. The number of nitrogens with two attached hydrogens (primary N) is 2. The molecule has 0 aromatic carbocycles. The average molecular weight is 433 g/mol. The Balaban J connectivity index is 2.34. The second-order valence-corrected chi connectivity index (χ2v) is 8.16. The highest BCUT2D eigenvalue weighted by Gasteiger charge is 2.53. The first kappa shape index (κ1) is 25.0. The standard InChI is InChI=1S/C20H36N2O8/c21-16(22)19(4-2-1-3-5-19)15-14-20(17(23)24,18(25)26)6-7-27-8-9-28-10-11-29-12-13-30-15/h15-16H,1-14,21-22H2,(H,23,24)(H,25,26). The molecule has 1 aliphatic carbocycles. The van der Waals surface area contributed by atoms with Gasteiger partial charge in [-0.15, -0.1) is 0 Å². The molecule has 2 rings (SSSR count). The molecule has 0 spiro atoms. The molecule has 0 aromatic heterocycles. The number of aliphatic carboxylic acids is 2. The molecule has 1 heterocycles. The first-order valence-electron chi connectivity index (χ1n) is 10.7. The summed E-state index contributed by atoms with van der Waals surface area (Å²) in [6.07, 6.45) is 2.22. The molecule has 10 nitrogen and oxygen atoms in total. The molecular formula is C20H36N2O8. The Morgan fingerprint density at radius 1 is 0.767 bits per heavy atom. The van der Waals surface area contributed by atoms with Crippen molar-refractivity contribution in [3.8, 4) is 0 Å². The van der Waals surface area contributed by atoms with Crippen LogP contribution in [0.4, 0.5) is 0 Å². The summed E-state index contributed by atoms with van der Waals surface area (Å²) in [5.74, 6) is -2.83. The number of rotatable bonds is 4. The van der Waals surface area contributed by atoms with Crippen molar-refractivity contribution in [1.29, 1.82) is 0 Å². The lowest BCUT2D eigenvalue weighted by Crippen LogP contribution is -2.59. The molecule has 2 aliphatic rings. The summed E-state index contributed by atoms with van der Waals surface area (Å²) >= 11 is 0. The predicted molar refractivity (Wildman–Crippen MR) is 107 cm³/mol. The van der Waals surface area contributed by atoms with E-state index in [0.29, 0.717) is 32.7 Å². The predicted octanol–water partition coefficient (Wildman–Crippen LogP) is 0.565. The highest BCUT2D eigenvalue weighted by atomic mass is 16.6. The Kier molecular flexibility index (Phi) is 9.92. The van der Waals surface area contributed by atoms with Crippen LogP contribution >= 0.6 is 0 Å². The van der Waals surface area contributed by atoms with Gasteiger partial charge in [0, 0.05) is 18.4 Å². The van der Waals surface area contributed by atoms with Gasteiger partial charge in [-0.3, -0.25) is 9.59 Å². The third kappa shape index (κ3) is 6.12. The minimum absolute atomic E-state index is 0.0210. The van der Waals surface area contributed by atoms with Gasteiger partial charge in [-0.1, -0.05) is 19.3 Å². The number of carboxylic acid groups (broad SMARTS) is 2. The third-order valence-corrected chi connectivity index (χ3v) is 6.41. The van der Waals surface area contributed by atoms with Crippen LogP contribution in [0.25, 0.3) is 0 Å². The van der Waals surface area contributed by atoms with Gasteiger partial charge >= 0.3 is 11.9 Å². The van der Waals surface area contributed by atoms with E-state index in [0.717, 1.165) is 19.3 Å². The van der Waals surface area contributed by atoms with Gasteiger partial charge < -0.3 is 40.6 Å². The Bertz CT molecular complexity index is 537. The Morgan fingerprint density at radius 3 is 1.77 bits per heavy atom. The monoisotopic (exact) mass is 432 g/mol.